The van der Waals surface area contributed by atoms with Crippen LogP contribution in [0.1, 0.15) is 30.0 Å². The van der Waals surface area contributed by atoms with Gasteiger partial charge in [0.05, 0.1) is 28.2 Å². The quantitative estimate of drug-likeness (QED) is 0.543. The largest absolute Gasteiger partial charge is 0.416 e. The highest BCUT2D eigenvalue weighted by molar-refractivity contribution is 7.98. The lowest BCUT2D eigenvalue weighted by Crippen LogP contribution is -2.05. The van der Waals surface area contributed by atoms with Crippen molar-refractivity contribution >= 4 is 22.8 Å². The van der Waals surface area contributed by atoms with Crippen LogP contribution in [0.3, 0.4) is 0 Å². The molecule has 0 amide bonds. The Balaban J connectivity index is 1.94. The highest BCUT2D eigenvalue weighted by atomic mass is 32.2. The van der Waals surface area contributed by atoms with E-state index in [2.05, 4.69) is 11.1 Å². The molecule has 0 unspecified atom stereocenters. The third-order valence-electron chi connectivity index (χ3n) is 3.91. The van der Waals surface area contributed by atoms with Gasteiger partial charge in [0.15, 0.2) is 5.16 Å². The second kappa shape index (κ2) is 7.42. The zero-order chi connectivity index (χ0) is 18.7. The smallest absolute Gasteiger partial charge is 0.319 e. The molecule has 0 aliphatic rings. The van der Waals surface area contributed by atoms with Crippen LogP contribution in [-0.4, -0.2) is 9.55 Å². The summed E-state index contributed by atoms with van der Waals surface area (Å²) in [6.45, 7) is 2.57. The molecular formula is C19H16F3N3S. The van der Waals surface area contributed by atoms with Crippen molar-refractivity contribution in [2.75, 3.05) is 0 Å². The van der Waals surface area contributed by atoms with Gasteiger partial charge in [-0.2, -0.15) is 18.4 Å². The van der Waals surface area contributed by atoms with Gasteiger partial charge < -0.3 is 4.57 Å². The second-order valence-corrected chi connectivity index (χ2v) is 6.79. The van der Waals surface area contributed by atoms with E-state index in [4.69, 9.17) is 5.26 Å². The topological polar surface area (TPSA) is 41.6 Å². The number of nitrogens with zero attached hydrogens (tertiary/aromatic N) is 3. The SMILES string of the molecule is CCCn1c(SCc2cccc(C#N)c2)nc2ccc(C(F)(F)F)cc21. The Morgan fingerprint density at radius 1 is 1.19 bits per heavy atom. The first-order valence-electron chi connectivity index (χ1n) is 8.11. The minimum Gasteiger partial charge on any atom is -0.319 e. The first kappa shape index (κ1) is 18.3. The molecule has 1 aromatic heterocycles. The Morgan fingerprint density at radius 2 is 2.00 bits per heavy atom. The van der Waals surface area contributed by atoms with Crippen molar-refractivity contribution in [3.63, 3.8) is 0 Å². The van der Waals surface area contributed by atoms with E-state index in [-0.39, 0.29) is 0 Å². The Labute approximate surface area is 153 Å². The standard InChI is InChI=1S/C19H16F3N3S/c1-2-8-25-17-10-15(19(20,21)22)6-7-16(17)24-18(25)26-12-14-5-3-4-13(9-14)11-23/h3-7,9-10H,2,8,12H2,1H3. The molecule has 0 spiro atoms. The van der Waals surface area contributed by atoms with Gasteiger partial charge >= 0.3 is 6.18 Å². The summed E-state index contributed by atoms with van der Waals surface area (Å²) in [7, 11) is 0. The Morgan fingerprint density at radius 3 is 2.69 bits per heavy atom. The van der Waals surface area contributed by atoms with Crippen molar-refractivity contribution in [1.82, 2.24) is 9.55 Å². The van der Waals surface area contributed by atoms with E-state index in [1.54, 1.807) is 6.07 Å². The normalized spacial score (nSPS) is 11.7. The van der Waals surface area contributed by atoms with E-state index >= 15 is 0 Å². The van der Waals surface area contributed by atoms with Crippen LogP contribution in [0, 0.1) is 11.3 Å². The maximum atomic E-state index is 13.0. The molecule has 0 aliphatic heterocycles. The third-order valence-corrected chi connectivity index (χ3v) is 4.96. The van der Waals surface area contributed by atoms with Crippen molar-refractivity contribution in [3.8, 4) is 6.07 Å². The van der Waals surface area contributed by atoms with Crippen LogP contribution in [0.25, 0.3) is 11.0 Å². The molecule has 3 aromatic rings. The molecule has 3 rings (SSSR count). The summed E-state index contributed by atoms with van der Waals surface area (Å²) in [6.07, 6.45) is -3.58. The second-order valence-electron chi connectivity index (χ2n) is 5.85. The van der Waals surface area contributed by atoms with E-state index in [9.17, 15) is 13.2 Å². The molecule has 26 heavy (non-hydrogen) atoms. The van der Waals surface area contributed by atoms with Crippen LogP contribution in [0.5, 0.6) is 0 Å². The summed E-state index contributed by atoms with van der Waals surface area (Å²) >= 11 is 1.46. The van der Waals surface area contributed by atoms with E-state index in [0.29, 0.717) is 34.1 Å². The van der Waals surface area contributed by atoms with Crippen LogP contribution in [0.15, 0.2) is 47.6 Å². The minimum absolute atomic E-state index is 0.495. The maximum absolute atomic E-state index is 13.0. The summed E-state index contributed by atoms with van der Waals surface area (Å²) in [6, 6.07) is 13.0. The molecule has 3 nitrogen and oxygen atoms in total. The highest BCUT2D eigenvalue weighted by Gasteiger charge is 2.31. The van der Waals surface area contributed by atoms with Gasteiger partial charge in [0.2, 0.25) is 0 Å². The number of aryl methyl sites for hydroxylation is 1. The average Bonchev–Trinajstić information content (AvgIpc) is 2.97. The first-order chi connectivity index (χ1) is 12.4. The molecule has 0 radical (unpaired) electrons. The van der Waals surface area contributed by atoms with Crippen molar-refractivity contribution in [2.24, 2.45) is 0 Å². The number of hydrogen-bond donors (Lipinski definition) is 0. The number of nitriles is 1. The van der Waals surface area contributed by atoms with Gasteiger partial charge in [-0.25, -0.2) is 4.98 Å². The van der Waals surface area contributed by atoms with Crippen molar-refractivity contribution < 1.29 is 13.2 Å². The number of thioether (sulfide) groups is 1. The minimum atomic E-state index is -4.37. The summed E-state index contributed by atoms with van der Waals surface area (Å²) < 4.78 is 40.9. The summed E-state index contributed by atoms with van der Waals surface area (Å²) in [5, 5.41) is 9.67. The molecule has 1 heterocycles. The van der Waals surface area contributed by atoms with E-state index < -0.39 is 11.7 Å². The zero-order valence-electron chi connectivity index (χ0n) is 14.0. The maximum Gasteiger partial charge on any atom is 0.416 e. The lowest BCUT2D eigenvalue weighted by atomic mass is 10.2. The molecule has 0 fully saturated rings. The molecule has 0 atom stereocenters. The lowest BCUT2D eigenvalue weighted by Gasteiger charge is -2.09. The summed E-state index contributed by atoms with van der Waals surface area (Å²) in [5.74, 6) is 0.592. The molecule has 134 valence electrons. The number of benzene rings is 2. The molecule has 0 aliphatic carbocycles. The Kier molecular flexibility index (Phi) is 5.23. The predicted molar refractivity (Wildman–Crippen MR) is 95.7 cm³/mol. The molecular weight excluding hydrogens is 359 g/mol. The van der Waals surface area contributed by atoms with E-state index in [1.165, 1.54) is 23.9 Å². The predicted octanol–water partition coefficient (Wildman–Crippen LogP) is 5.63. The van der Waals surface area contributed by atoms with Gasteiger partial charge in [-0.3, -0.25) is 0 Å². The molecule has 0 saturated heterocycles. The molecule has 0 saturated carbocycles. The van der Waals surface area contributed by atoms with Crippen molar-refractivity contribution in [3.05, 3.63) is 59.2 Å². The molecule has 2 aromatic carbocycles. The third kappa shape index (κ3) is 3.86. The van der Waals surface area contributed by atoms with Crippen LogP contribution < -0.4 is 0 Å². The van der Waals surface area contributed by atoms with Gasteiger partial charge in [0.25, 0.3) is 0 Å². The first-order valence-corrected chi connectivity index (χ1v) is 9.10. The van der Waals surface area contributed by atoms with Gasteiger partial charge in [-0.1, -0.05) is 30.8 Å². The van der Waals surface area contributed by atoms with Gasteiger partial charge in [-0.15, -0.1) is 0 Å². The van der Waals surface area contributed by atoms with Crippen LogP contribution in [0.2, 0.25) is 0 Å². The summed E-state index contributed by atoms with van der Waals surface area (Å²) in [5.41, 5.74) is 1.94. The molecule has 7 heteroatoms. The van der Waals surface area contributed by atoms with E-state index in [1.807, 2.05) is 29.7 Å². The van der Waals surface area contributed by atoms with Crippen LogP contribution in [0.4, 0.5) is 13.2 Å². The Bertz CT molecular complexity index is 970. The van der Waals surface area contributed by atoms with Gasteiger partial charge in [0.1, 0.15) is 0 Å². The number of aromatic nitrogens is 2. The fourth-order valence-corrected chi connectivity index (χ4v) is 3.69. The van der Waals surface area contributed by atoms with Crippen molar-refractivity contribution in [1.29, 1.82) is 5.26 Å². The zero-order valence-corrected chi connectivity index (χ0v) is 14.9. The van der Waals surface area contributed by atoms with Crippen molar-refractivity contribution in [2.45, 2.75) is 37.0 Å². The lowest BCUT2D eigenvalue weighted by molar-refractivity contribution is -0.137. The molecule has 0 N–H and O–H groups in total. The van der Waals surface area contributed by atoms with Gasteiger partial charge in [0, 0.05) is 12.3 Å². The van der Waals surface area contributed by atoms with Gasteiger partial charge in [-0.05, 0) is 42.3 Å². The highest BCUT2D eigenvalue weighted by Crippen LogP contribution is 2.33. The fourth-order valence-electron chi connectivity index (χ4n) is 2.71. The molecule has 0 bridgehead atoms. The number of fused-ring (bicyclic) bond motifs is 1. The average molecular weight is 375 g/mol. The van der Waals surface area contributed by atoms with E-state index in [0.717, 1.165) is 18.1 Å². The Hall–Kier alpha value is -2.46. The number of rotatable bonds is 5. The number of alkyl halides is 3. The van der Waals surface area contributed by atoms with Crippen LogP contribution >= 0.6 is 11.8 Å². The summed E-state index contributed by atoms with van der Waals surface area (Å²) in [4.78, 5) is 4.51. The number of hydrogen-bond acceptors (Lipinski definition) is 3. The van der Waals surface area contributed by atoms with Crippen LogP contribution in [-0.2, 0) is 18.5 Å². The monoisotopic (exact) mass is 375 g/mol. The number of halogens is 3. The number of imidazole rings is 1. The fraction of sp³-hybridized carbons (Fsp3) is 0.263.